The Morgan fingerprint density at radius 3 is 1.95 bits per heavy atom. The number of nitrogens with one attached hydrogen (secondary N) is 2. The van der Waals surface area contributed by atoms with Crippen molar-refractivity contribution in [1.82, 2.24) is 20.6 Å². The lowest BCUT2D eigenvalue weighted by atomic mass is 10.1. The maximum atomic E-state index is 12.6. The van der Waals surface area contributed by atoms with E-state index in [1.165, 1.54) is 29.6 Å². The van der Waals surface area contributed by atoms with Gasteiger partial charge in [-0.1, -0.05) is 42.0 Å². The second kappa shape index (κ2) is 14.0. The Bertz CT molecular complexity index is 1600. The number of carboxylic acid groups (broad SMARTS) is 1. The summed E-state index contributed by atoms with van der Waals surface area (Å²) in [5.41, 5.74) is 4.80. The summed E-state index contributed by atoms with van der Waals surface area (Å²) in [6, 6.07) is 13.5. The fourth-order valence-corrected chi connectivity index (χ4v) is 5.56. The highest BCUT2D eigenvalue weighted by atomic mass is 32.1. The second-order valence-corrected chi connectivity index (χ2v) is 11.5. The van der Waals surface area contributed by atoms with Crippen LogP contribution in [0.4, 0.5) is 0 Å². The van der Waals surface area contributed by atoms with Gasteiger partial charge >= 0.3 is 11.9 Å². The molecule has 0 fully saturated rings. The Morgan fingerprint density at radius 1 is 0.833 bits per heavy atom. The van der Waals surface area contributed by atoms with E-state index in [0.29, 0.717) is 16.4 Å². The van der Waals surface area contributed by atoms with Gasteiger partial charge in [0, 0.05) is 21.9 Å². The number of aliphatic carboxylic acids is 1. The summed E-state index contributed by atoms with van der Waals surface area (Å²) in [5.74, 6) is -2.43. The first-order valence-corrected chi connectivity index (χ1v) is 14.9. The topological polar surface area (TPSA) is 148 Å². The Morgan fingerprint density at radius 2 is 1.38 bits per heavy atom. The minimum Gasteiger partial charge on any atom is -0.480 e. The molecule has 218 valence electrons. The number of carbonyl (C=O) groups is 4. The number of ether oxygens (including phenoxy) is 1. The Kier molecular flexibility index (Phi) is 10.2. The normalized spacial score (nSPS) is 12.3. The zero-order chi connectivity index (χ0) is 30.2. The minimum absolute atomic E-state index is 0.00649. The number of amides is 2. The largest absolute Gasteiger partial charge is 0.480 e. The van der Waals surface area contributed by atoms with E-state index in [-0.39, 0.29) is 25.4 Å². The molecule has 0 aliphatic carbocycles. The van der Waals surface area contributed by atoms with Gasteiger partial charge in [-0.3, -0.25) is 14.4 Å². The number of rotatable bonds is 12. The first-order chi connectivity index (χ1) is 20.1. The van der Waals surface area contributed by atoms with Crippen LogP contribution in [0, 0.1) is 6.92 Å². The number of aromatic nitrogens is 2. The van der Waals surface area contributed by atoms with Gasteiger partial charge < -0.3 is 20.5 Å². The first-order valence-electron chi connectivity index (χ1n) is 13.1. The van der Waals surface area contributed by atoms with Gasteiger partial charge in [0.25, 0.3) is 0 Å². The number of esters is 1. The van der Waals surface area contributed by atoms with Crippen molar-refractivity contribution >= 4 is 46.4 Å². The van der Waals surface area contributed by atoms with E-state index in [9.17, 15) is 19.2 Å². The van der Waals surface area contributed by atoms with Crippen LogP contribution >= 0.6 is 22.7 Å². The van der Waals surface area contributed by atoms with Gasteiger partial charge in [0.15, 0.2) is 0 Å². The maximum Gasteiger partial charge on any atom is 0.328 e. The van der Waals surface area contributed by atoms with Crippen molar-refractivity contribution < 1.29 is 29.0 Å². The van der Waals surface area contributed by atoms with Gasteiger partial charge in [-0.05, 0) is 38.5 Å². The van der Waals surface area contributed by atoms with Crippen LogP contribution in [-0.4, -0.2) is 50.9 Å². The average Bonchev–Trinajstić information content (AvgIpc) is 3.61. The number of hydrogen-bond acceptors (Lipinski definition) is 9. The summed E-state index contributed by atoms with van der Waals surface area (Å²) < 4.78 is 5.43. The molecular weight excluding hydrogens is 576 g/mol. The predicted octanol–water partition coefficient (Wildman–Crippen LogP) is 4.16. The molecule has 2 heterocycles. The lowest BCUT2D eigenvalue weighted by Crippen LogP contribution is -2.40. The third-order valence-electron chi connectivity index (χ3n) is 6.09. The van der Waals surface area contributed by atoms with Gasteiger partial charge in [-0.15, -0.1) is 22.7 Å². The Balaban J connectivity index is 1.26. The van der Waals surface area contributed by atoms with Crippen LogP contribution in [0.1, 0.15) is 36.4 Å². The van der Waals surface area contributed by atoms with Gasteiger partial charge in [0.1, 0.15) is 28.7 Å². The molecule has 2 aromatic carbocycles. The average molecular weight is 607 g/mol. The molecule has 42 heavy (non-hydrogen) atoms. The first kappa shape index (κ1) is 30.5. The van der Waals surface area contributed by atoms with Crippen LogP contribution in [0.2, 0.25) is 0 Å². The molecule has 4 aromatic rings. The Hall–Kier alpha value is -4.42. The van der Waals surface area contributed by atoms with Crippen LogP contribution in [0.5, 0.6) is 0 Å². The molecule has 0 bridgehead atoms. The molecular formula is C30H30N4O6S2. The molecule has 2 aromatic heterocycles. The molecule has 4 rings (SSSR count). The summed E-state index contributed by atoms with van der Waals surface area (Å²) in [6.07, 6.45) is 0.0173. The third kappa shape index (κ3) is 8.54. The van der Waals surface area contributed by atoms with E-state index < -0.39 is 29.9 Å². The summed E-state index contributed by atoms with van der Waals surface area (Å²) >= 11 is 2.82. The standard InChI is InChI=1S/C30H30N4O6S2/c1-17-6-4-8-21(10-17)27-33-24(15-41-27)13-26(36)32-19(3)30(39)40-14-20-7-5-9-22(11-20)28-34-23(16-42-28)12-25(35)31-18(2)29(37)38/h4-11,15-16,18-19H,12-14H2,1-3H3,(H,31,35)(H,32,36)(H,37,38)/t18-,19+/m0/s1. The van der Waals surface area contributed by atoms with Crippen molar-refractivity contribution in [2.75, 3.05) is 0 Å². The van der Waals surface area contributed by atoms with Crippen LogP contribution in [0.25, 0.3) is 21.1 Å². The predicted molar refractivity (Wildman–Crippen MR) is 160 cm³/mol. The molecule has 10 nitrogen and oxygen atoms in total. The molecule has 0 radical (unpaired) electrons. The van der Waals surface area contributed by atoms with Crippen LogP contribution in [0.3, 0.4) is 0 Å². The van der Waals surface area contributed by atoms with Crippen molar-refractivity contribution in [3.63, 3.8) is 0 Å². The molecule has 12 heteroatoms. The quantitative estimate of drug-likeness (QED) is 0.204. The van der Waals surface area contributed by atoms with E-state index in [4.69, 9.17) is 9.84 Å². The lowest BCUT2D eigenvalue weighted by Gasteiger charge is -2.13. The number of benzene rings is 2. The van der Waals surface area contributed by atoms with Crippen LogP contribution in [0.15, 0.2) is 59.3 Å². The molecule has 0 aliphatic rings. The number of hydrogen-bond donors (Lipinski definition) is 3. The molecule has 0 aliphatic heterocycles. The highest BCUT2D eigenvalue weighted by Gasteiger charge is 2.19. The maximum absolute atomic E-state index is 12.6. The number of thiazole rings is 2. The van der Waals surface area contributed by atoms with Crippen molar-refractivity contribution in [3.8, 4) is 21.1 Å². The zero-order valence-electron chi connectivity index (χ0n) is 23.2. The molecule has 2 amide bonds. The van der Waals surface area contributed by atoms with Crippen molar-refractivity contribution in [2.45, 2.75) is 52.3 Å². The van der Waals surface area contributed by atoms with E-state index in [1.54, 1.807) is 12.3 Å². The Labute approximate surface area is 250 Å². The fourth-order valence-electron chi connectivity index (χ4n) is 3.93. The highest BCUT2D eigenvalue weighted by Crippen LogP contribution is 2.26. The fraction of sp³-hybridized carbons (Fsp3) is 0.267. The molecule has 2 atom stereocenters. The van der Waals surface area contributed by atoms with E-state index >= 15 is 0 Å². The number of carboxylic acids is 1. The molecule has 3 N–H and O–H groups in total. The monoisotopic (exact) mass is 606 g/mol. The van der Waals surface area contributed by atoms with Crippen molar-refractivity contribution in [2.24, 2.45) is 0 Å². The van der Waals surface area contributed by atoms with Crippen LogP contribution in [-0.2, 0) is 43.4 Å². The zero-order valence-corrected chi connectivity index (χ0v) is 24.9. The number of carbonyl (C=O) groups excluding carboxylic acids is 3. The van der Waals surface area contributed by atoms with E-state index in [2.05, 4.69) is 20.6 Å². The number of aryl methyl sites for hydroxylation is 1. The van der Waals surface area contributed by atoms with Crippen molar-refractivity contribution in [3.05, 3.63) is 81.8 Å². The molecule has 0 saturated heterocycles. The van der Waals surface area contributed by atoms with Gasteiger partial charge in [-0.25, -0.2) is 14.8 Å². The SMILES string of the molecule is Cc1cccc(-c2nc(CC(=O)N[C@H](C)C(=O)OCc3cccc(-c4nc(CC(=O)N[C@@H](C)C(=O)O)cs4)c3)cs2)c1. The summed E-state index contributed by atoms with van der Waals surface area (Å²) in [4.78, 5) is 57.1. The smallest absolute Gasteiger partial charge is 0.328 e. The lowest BCUT2D eigenvalue weighted by molar-refractivity contribution is -0.148. The third-order valence-corrected chi connectivity index (χ3v) is 7.97. The molecule has 0 spiro atoms. The van der Waals surface area contributed by atoms with Gasteiger partial charge in [-0.2, -0.15) is 0 Å². The summed E-state index contributed by atoms with van der Waals surface area (Å²) in [5, 5.41) is 19.1. The summed E-state index contributed by atoms with van der Waals surface area (Å²) in [6.45, 7) is 4.98. The highest BCUT2D eigenvalue weighted by molar-refractivity contribution is 7.13. The van der Waals surface area contributed by atoms with E-state index in [0.717, 1.165) is 27.3 Å². The second-order valence-electron chi connectivity index (χ2n) is 9.74. The van der Waals surface area contributed by atoms with Crippen LogP contribution < -0.4 is 10.6 Å². The molecule has 0 unspecified atom stereocenters. The van der Waals surface area contributed by atoms with Gasteiger partial charge in [0.2, 0.25) is 11.8 Å². The van der Waals surface area contributed by atoms with Crippen molar-refractivity contribution in [1.29, 1.82) is 0 Å². The summed E-state index contributed by atoms with van der Waals surface area (Å²) in [7, 11) is 0. The van der Waals surface area contributed by atoms with Gasteiger partial charge in [0.05, 0.1) is 24.2 Å². The van der Waals surface area contributed by atoms with E-state index in [1.807, 2.05) is 60.8 Å². The molecule has 0 saturated carbocycles. The number of nitrogens with zero attached hydrogens (tertiary/aromatic N) is 2. The minimum atomic E-state index is -1.11.